The van der Waals surface area contributed by atoms with Crippen LogP contribution in [0.25, 0.3) is 0 Å². The standard InChI is InChI=1S/C18H22FNO/c1-14(2)12-20-13-18(15-6-4-3-5-7-15)21-17-10-8-16(19)9-11-17/h3-11,14,18,20H,12-13H2,1-2H3. The van der Waals surface area contributed by atoms with Gasteiger partial charge in [0.05, 0.1) is 0 Å². The summed E-state index contributed by atoms with van der Waals surface area (Å²) in [4.78, 5) is 0. The fourth-order valence-electron chi connectivity index (χ4n) is 2.08. The Kier molecular flexibility index (Phi) is 5.76. The molecule has 2 aromatic carbocycles. The lowest BCUT2D eigenvalue weighted by molar-refractivity contribution is 0.200. The first kappa shape index (κ1) is 15.5. The van der Waals surface area contributed by atoms with Crippen LogP contribution in [-0.2, 0) is 0 Å². The fourth-order valence-corrected chi connectivity index (χ4v) is 2.08. The largest absolute Gasteiger partial charge is 0.484 e. The van der Waals surface area contributed by atoms with Crippen LogP contribution >= 0.6 is 0 Å². The Balaban J connectivity index is 2.06. The SMILES string of the molecule is CC(C)CNCC(Oc1ccc(F)cc1)c1ccccc1. The first-order valence-electron chi connectivity index (χ1n) is 7.33. The zero-order chi connectivity index (χ0) is 15.1. The average Bonchev–Trinajstić information content (AvgIpc) is 2.49. The molecule has 0 heterocycles. The summed E-state index contributed by atoms with van der Waals surface area (Å²) >= 11 is 0. The van der Waals surface area contributed by atoms with Crippen LogP contribution in [0.4, 0.5) is 4.39 Å². The minimum atomic E-state index is -0.253. The highest BCUT2D eigenvalue weighted by Gasteiger charge is 2.13. The highest BCUT2D eigenvalue weighted by Crippen LogP contribution is 2.21. The Labute approximate surface area is 126 Å². The van der Waals surface area contributed by atoms with Crippen molar-refractivity contribution in [1.29, 1.82) is 0 Å². The molecule has 1 unspecified atom stereocenters. The van der Waals surface area contributed by atoms with E-state index in [2.05, 4.69) is 19.2 Å². The summed E-state index contributed by atoms with van der Waals surface area (Å²) in [6, 6.07) is 16.2. The van der Waals surface area contributed by atoms with Crippen LogP contribution in [0.3, 0.4) is 0 Å². The van der Waals surface area contributed by atoms with E-state index in [9.17, 15) is 4.39 Å². The van der Waals surface area contributed by atoms with Crippen molar-refractivity contribution in [2.75, 3.05) is 13.1 Å². The van der Waals surface area contributed by atoms with Gasteiger partial charge in [-0.3, -0.25) is 0 Å². The van der Waals surface area contributed by atoms with E-state index in [1.165, 1.54) is 12.1 Å². The molecule has 0 aromatic heterocycles. The molecular weight excluding hydrogens is 265 g/mol. The molecule has 0 bridgehead atoms. The topological polar surface area (TPSA) is 21.3 Å². The fraction of sp³-hybridized carbons (Fsp3) is 0.333. The van der Waals surface area contributed by atoms with E-state index in [-0.39, 0.29) is 11.9 Å². The van der Waals surface area contributed by atoms with Crippen molar-refractivity contribution < 1.29 is 9.13 Å². The molecule has 112 valence electrons. The van der Waals surface area contributed by atoms with Crippen molar-refractivity contribution in [1.82, 2.24) is 5.32 Å². The van der Waals surface area contributed by atoms with Gasteiger partial charge in [0, 0.05) is 6.54 Å². The molecule has 1 atom stereocenters. The van der Waals surface area contributed by atoms with Crippen molar-refractivity contribution >= 4 is 0 Å². The summed E-state index contributed by atoms with van der Waals surface area (Å²) in [7, 11) is 0. The molecule has 0 amide bonds. The Morgan fingerprint density at radius 3 is 2.24 bits per heavy atom. The summed E-state index contributed by atoms with van der Waals surface area (Å²) in [6.45, 7) is 6.01. The zero-order valence-corrected chi connectivity index (χ0v) is 12.6. The molecule has 2 nitrogen and oxygen atoms in total. The second-order valence-electron chi connectivity index (χ2n) is 5.52. The van der Waals surface area contributed by atoms with Crippen LogP contribution in [0.15, 0.2) is 54.6 Å². The van der Waals surface area contributed by atoms with Crippen molar-refractivity contribution in [3.05, 3.63) is 66.0 Å². The van der Waals surface area contributed by atoms with Crippen LogP contribution < -0.4 is 10.1 Å². The van der Waals surface area contributed by atoms with E-state index in [4.69, 9.17) is 4.74 Å². The number of halogens is 1. The van der Waals surface area contributed by atoms with Gasteiger partial charge in [0.15, 0.2) is 0 Å². The molecule has 0 spiro atoms. The predicted octanol–water partition coefficient (Wildman–Crippen LogP) is 4.19. The number of ether oxygens (including phenoxy) is 1. The molecule has 0 radical (unpaired) electrons. The Morgan fingerprint density at radius 1 is 0.952 bits per heavy atom. The van der Waals surface area contributed by atoms with Gasteiger partial charge in [-0.1, -0.05) is 44.2 Å². The maximum absolute atomic E-state index is 13.0. The van der Waals surface area contributed by atoms with Gasteiger partial charge < -0.3 is 10.1 Å². The normalized spacial score (nSPS) is 12.4. The first-order chi connectivity index (χ1) is 10.1. The zero-order valence-electron chi connectivity index (χ0n) is 12.6. The Morgan fingerprint density at radius 2 is 1.62 bits per heavy atom. The monoisotopic (exact) mass is 287 g/mol. The molecule has 21 heavy (non-hydrogen) atoms. The molecule has 1 N–H and O–H groups in total. The third-order valence-corrected chi connectivity index (χ3v) is 3.15. The minimum absolute atomic E-state index is 0.0876. The molecule has 0 aliphatic carbocycles. The van der Waals surface area contributed by atoms with E-state index in [0.29, 0.717) is 11.7 Å². The third-order valence-electron chi connectivity index (χ3n) is 3.15. The summed E-state index contributed by atoms with van der Waals surface area (Å²) < 4.78 is 19.0. The van der Waals surface area contributed by atoms with Gasteiger partial charge in [-0.2, -0.15) is 0 Å². The van der Waals surface area contributed by atoms with Crippen LogP contribution in [0.1, 0.15) is 25.5 Å². The average molecular weight is 287 g/mol. The molecule has 3 heteroatoms. The van der Waals surface area contributed by atoms with Gasteiger partial charge in [-0.15, -0.1) is 0 Å². The van der Waals surface area contributed by atoms with Crippen molar-refractivity contribution in [2.45, 2.75) is 20.0 Å². The van der Waals surface area contributed by atoms with Crippen molar-refractivity contribution in [3.63, 3.8) is 0 Å². The lowest BCUT2D eigenvalue weighted by Gasteiger charge is -2.21. The van der Waals surface area contributed by atoms with Gasteiger partial charge in [-0.25, -0.2) is 4.39 Å². The molecule has 0 aliphatic rings. The van der Waals surface area contributed by atoms with E-state index in [1.807, 2.05) is 30.3 Å². The molecule has 0 fully saturated rings. The van der Waals surface area contributed by atoms with Crippen LogP contribution in [0, 0.1) is 11.7 Å². The lowest BCUT2D eigenvalue weighted by Crippen LogP contribution is -2.28. The van der Waals surface area contributed by atoms with E-state index < -0.39 is 0 Å². The first-order valence-corrected chi connectivity index (χ1v) is 7.33. The quantitative estimate of drug-likeness (QED) is 0.824. The highest BCUT2D eigenvalue weighted by molar-refractivity contribution is 5.25. The molecule has 0 saturated carbocycles. The number of hydrogen-bond acceptors (Lipinski definition) is 2. The molecule has 0 saturated heterocycles. The van der Waals surface area contributed by atoms with Crippen LogP contribution in [0.5, 0.6) is 5.75 Å². The molecule has 2 aromatic rings. The third kappa shape index (κ3) is 5.20. The predicted molar refractivity (Wildman–Crippen MR) is 83.9 cm³/mol. The van der Waals surface area contributed by atoms with Crippen LogP contribution in [-0.4, -0.2) is 13.1 Å². The van der Waals surface area contributed by atoms with Crippen molar-refractivity contribution in [2.24, 2.45) is 5.92 Å². The highest BCUT2D eigenvalue weighted by atomic mass is 19.1. The molecule has 0 aliphatic heterocycles. The summed E-state index contributed by atoms with van der Waals surface area (Å²) in [5.41, 5.74) is 1.11. The summed E-state index contributed by atoms with van der Waals surface area (Å²) in [5.74, 6) is 1.01. The van der Waals surface area contributed by atoms with Gasteiger partial charge in [0.25, 0.3) is 0 Å². The van der Waals surface area contributed by atoms with E-state index in [1.54, 1.807) is 12.1 Å². The maximum Gasteiger partial charge on any atom is 0.136 e. The van der Waals surface area contributed by atoms with E-state index >= 15 is 0 Å². The number of nitrogens with one attached hydrogen (secondary N) is 1. The second kappa shape index (κ2) is 7.79. The maximum atomic E-state index is 13.0. The van der Waals surface area contributed by atoms with Gasteiger partial charge in [-0.05, 0) is 42.3 Å². The van der Waals surface area contributed by atoms with Gasteiger partial charge in [0.1, 0.15) is 17.7 Å². The Hall–Kier alpha value is -1.87. The van der Waals surface area contributed by atoms with Crippen molar-refractivity contribution in [3.8, 4) is 5.75 Å². The summed E-state index contributed by atoms with van der Waals surface area (Å²) in [5, 5.41) is 3.42. The molecular formula is C18H22FNO. The number of benzene rings is 2. The Bertz CT molecular complexity index is 525. The van der Waals surface area contributed by atoms with Gasteiger partial charge >= 0.3 is 0 Å². The summed E-state index contributed by atoms with van der Waals surface area (Å²) in [6.07, 6.45) is -0.0876. The van der Waals surface area contributed by atoms with E-state index in [0.717, 1.165) is 18.7 Å². The second-order valence-corrected chi connectivity index (χ2v) is 5.52. The minimum Gasteiger partial charge on any atom is -0.484 e. The molecule has 2 rings (SSSR count). The van der Waals surface area contributed by atoms with Gasteiger partial charge in [0.2, 0.25) is 0 Å². The number of rotatable bonds is 7. The number of hydrogen-bond donors (Lipinski definition) is 1. The van der Waals surface area contributed by atoms with Crippen LogP contribution in [0.2, 0.25) is 0 Å². The smallest absolute Gasteiger partial charge is 0.136 e. The lowest BCUT2D eigenvalue weighted by atomic mass is 10.1.